The molecule has 0 atom stereocenters. The summed E-state index contributed by atoms with van der Waals surface area (Å²) in [4.78, 5) is 15.4. The minimum absolute atomic E-state index is 0.0349. The molecule has 0 amide bonds. The van der Waals surface area contributed by atoms with Gasteiger partial charge in [-0.05, 0) is 121 Å². The third-order valence-corrected chi connectivity index (χ3v) is 13.8. The smallest absolute Gasteiger partial charge is 0.164 e. The molecule has 0 N–H and O–H groups in total. The Morgan fingerprint density at radius 2 is 0.788 bits per heavy atom. The van der Waals surface area contributed by atoms with Crippen LogP contribution in [0.3, 0.4) is 0 Å². The van der Waals surface area contributed by atoms with Gasteiger partial charge in [0.25, 0.3) is 0 Å². The highest BCUT2D eigenvalue weighted by Gasteiger charge is 2.35. The molecule has 10 aromatic carbocycles. The Kier molecular flexibility index (Phi) is 8.53. The molecule has 310 valence electrons. The molecule has 0 bridgehead atoms. The molecular formula is C62H42N4. The van der Waals surface area contributed by atoms with Gasteiger partial charge in [-0.15, -0.1) is 0 Å². The largest absolute Gasteiger partial charge is 0.309 e. The summed E-state index contributed by atoms with van der Waals surface area (Å²) >= 11 is 0. The Balaban J connectivity index is 0.872. The first kappa shape index (κ1) is 38.0. The van der Waals surface area contributed by atoms with Gasteiger partial charge in [-0.1, -0.05) is 178 Å². The number of rotatable bonds is 6. The Morgan fingerprint density at radius 1 is 0.318 bits per heavy atom. The first-order chi connectivity index (χ1) is 32.4. The Bertz CT molecular complexity index is 3800. The second-order valence-electron chi connectivity index (χ2n) is 18.1. The fraction of sp³-hybridized carbons (Fsp3) is 0.0484. The SMILES string of the molecule is CC1(C)c2ccccc2-c2ccc(-c3ccc(-c4ccc5c6ccccc6n(-c6ccc(-c7nc(-c8ccc9ccccc9c8)nc(-c8ccc9ccccc9c8)n7)cc6)c5c4)cc3)cc21. The first-order valence-corrected chi connectivity index (χ1v) is 22.7. The predicted octanol–water partition coefficient (Wildman–Crippen LogP) is 15.9. The molecule has 0 radical (unpaired) electrons. The fourth-order valence-corrected chi connectivity index (χ4v) is 10.3. The summed E-state index contributed by atoms with van der Waals surface area (Å²) in [6, 6.07) is 78.7. The number of hydrogen-bond donors (Lipinski definition) is 0. The van der Waals surface area contributed by atoms with E-state index in [0.29, 0.717) is 17.5 Å². The maximum atomic E-state index is 5.13. The Labute approximate surface area is 383 Å². The highest BCUT2D eigenvalue weighted by Crippen LogP contribution is 2.49. The van der Waals surface area contributed by atoms with Gasteiger partial charge in [0.05, 0.1) is 11.0 Å². The van der Waals surface area contributed by atoms with Gasteiger partial charge in [0.1, 0.15) is 0 Å². The van der Waals surface area contributed by atoms with Crippen LogP contribution in [-0.4, -0.2) is 19.5 Å². The summed E-state index contributed by atoms with van der Waals surface area (Å²) in [7, 11) is 0. The number of nitrogens with zero attached hydrogens (tertiary/aromatic N) is 4. The van der Waals surface area contributed by atoms with Crippen LogP contribution in [0.4, 0.5) is 0 Å². The maximum absolute atomic E-state index is 5.13. The van der Waals surface area contributed by atoms with Crippen LogP contribution in [0, 0.1) is 0 Å². The standard InChI is InChI=1S/C62H42N4/c1-62(2)55-17-9-7-15-51(55)52-33-29-46(37-56(52)62)41-19-21-42(22-20-41)47-30-34-54-53-16-8-10-18-57(53)66(58(54)38-47)50-31-27-43(28-32-50)59-63-60(48-25-23-39-11-3-5-13-44(39)35-48)65-61(64-59)49-26-24-40-12-4-6-14-45(40)36-49/h3-38H,1-2H3. The zero-order valence-electron chi connectivity index (χ0n) is 36.6. The summed E-state index contributed by atoms with van der Waals surface area (Å²) in [5.74, 6) is 1.91. The topological polar surface area (TPSA) is 43.6 Å². The molecule has 1 aliphatic carbocycles. The van der Waals surface area contributed by atoms with Crippen molar-refractivity contribution in [2.24, 2.45) is 0 Å². The molecule has 0 aliphatic heterocycles. The van der Waals surface area contributed by atoms with Crippen molar-refractivity contribution in [1.82, 2.24) is 19.5 Å². The monoisotopic (exact) mass is 842 g/mol. The maximum Gasteiger partial charge on any atom is 0.164 e. The quantitative estimate of drug-likeness (QED) is 0.167. The minimum Gasteiger partial charge on any atom is -0.309 e. The molecule has 13 rings (SSSR count). The normalized spacial score (nSPS) is 12.8. The van der Waals surface area contributed by atoms with E-state index in [-0.39, 0.29) is 5.41 Å². The van der Waals surface area contributed by atoms with E-state index < -0.39 is 0 Å². The third-order valence-electron chi connectivity index (χ3n) is 13.8. The Morgan fingerprint density at radius 3 is 1.45 bits per heavy atom. The summed E-state index contributed by atoms with van der Waals surface area (Å²) in [5.41, 5.74) is 16.5. The molecular weight excluding hydrogens is 801 g/mol. The average molecular weight is 843 g/mol. The molecule has 1 aliphatic rings. The van der Waals surface area contributed by atoms with Crippen LogP contribution in [0.1, 0.15) is 25.0 Å². The Hall–Kier alpha value is -8.47. The van der Waals surface area contributed by atoms with Gasteiger partial charge in [0.2, 0.25) is 0 Å². The van der Waals surface area contributed by atoms with E-state index >= 15 is 0 Å². The summed E-state index contributed by atoms with van der Waals surface area (Å²) in [6.07, 6.45) is 0. The molecule has 4 nitrogen and oxygen atoms in total. The molecule has 0 saturated carbocycles. The molecule has 0 fully saturated rings. The highest BCUT2D eigenvalue weighted by molar-refractivity contribution is 6.10. The van der Waals surface area contributed by atoms with Crippen LogP contribution in [0.2, 0.25) is 0 Å². The van der Waals surface area contributed by atoms with Crippen LogP contribution in [-0.2, 0) is 5.41 Å². The van der Waals surface area contributed by atoms with Gasteiger partial charge in [-0.25, -0.2) is 15.0 Å². The zero-order valence-corrected chi connectivity index (χ0v) is 36.6. The number of hydrogen-bond acceptors (Lipinski definition) is 3. The lowest BCUT2D eigenvalue weighted by atomic mass is 9.81. The van der Waals surface area contributed by atoms with Crippen molar-refractivity contribution < 1.29 is 0 Å². The van der Waals surface area contributed by atoms with E-state index in [0.717, 1.165) is 44.2 Å². The molecule has 0 spiro atoms. The lowest BCUT2D eigenvalue weighted by Crippen LogP contribution is -2.14. The van der Waals surface area contributed by atoms with Crippen molar-refractivity contribution in [3.05, 3.63) is 230 Å². The number of aromatic nitrogens is 4. The number of para-hydroxylation sites is 1. The van der Waals surface area contributed by atoms with Gasteiger partial charge in [-0.2, -0.15) is 0 Å². The van der Waals surface area contributed by atoms with E-state index in [9.17, 15) is 0 Å². The number of benzene rings is 10. The van der Waals surface area contributed by atoms with E-state index in [2.05, 4.69) is 237 Å². The zero-order chi connectivity index (χ0) is 43.9. The van der Waals surface area contributed by atoms with Crippen LogP contribution >= 0.6 is 0 Å². The van der Waals surface area contributed by atoms with Gasteiger partial charge in [0.15, 0.2) is 17.5 Å². The predicted molar refractivity (Wildman–Crippen MR) is 274 cm³/mol. The lowest BCUT2D eigenvalue weighted by Gasteiger charge is -2.22. The van der Waals surface area contributed by atoms with Gasteiger partial charge in [0, 0.05) is 38.6 Å². The minimum atomic E-state index is -0.0349. The van der Waals surface area contributed by atoms with Crippen LogP contribution < -0.4 is 0 Å². The van der Waals surface area contributed by atoms with Crippen molar-refractivity contribution in [1.29, 1.82) is 0 Å². The summed E-state index contributed by atoms with van der Waals surface area (Å²) in [5, 5.41) is 7.08. The first-order valence-electron chi connectivity index (χ1n) is 22.7. The van der Waals surface area contributed by atoms with Gasteiger partial charge in [-0.3, -0.25) is 0 Å². The molecule has 0 saturated heterocycles. The fourth-order valence-electron chi connectivity index (χ4n) is 10.3. The second-order valence-corrected chi connectivity index (χ2v) is 18.1. The summed E-state index contributed by atoms with van der Waals surface area (Å²) in [6.45, 7) is 4.69. The summed E-state index contributed by atoms with van der Waals surface area (Å²) < 4.78 is 2.38. The average Bonchev–Trinajstić information content (AvgIpc) is 3.83. The van der Waals surface area contributed by atoms with Crippen LogP contribution in [0.5, 0.6) is 0 Å². The second kappa shape index (κ2) is 14.8. The highest BCUT2D eigenvalue weighted by atomic mass is 15.0. The molecule has 2 aromatic heterocycles. The molecule has 0 unspecified atom stereocenters. The third kappa shape index (κ3) is 6.17. The molecule has 4 heteroatoms. The lowest BCUT2D eigenvalue weighted by molar-refractivity contribution is 0.660. The van der Waals surface area contributed by atoms with Crippen molar-refractivity contribution >= 4 is 43.4 Å². The molecule has 2 heterocycles. The molecule has 66 heavy (non-hydrogen) atoms. The van der Waals surface area contributed by atoms with E-state index in [1.54, 1.807) is 0 Å². The van der Waals surface area contributed by atoms with Gasteiger partial charge >= 0.3 is 0 Å². The van der Waals surface area contributed by atoms with Crippen LogP contribution in [0.25, 0.3) is 117 Å². The van der Waals surface area contributed by atoms with E-state index in [1.165, 1.54) is 66.1 Å². The number of fused-ring (bicyclic) bond motifs is 8. The van der Waals surface area contributed by atoms with Crippen molar-refractivity contribution in [2.75, 3.05) is 0 Å². The van der Waals surface area contributed by atoms with Crippen molar-refractivity contribution in [3.63, 3.8) is 0 Å². The van der Waals surface area contributed by atoms with E-state index in [1.807, 2.05) is 0 Å². The van der Waals surface area contributed by atoms with Crippen molar-refractivity contribution in [2.45, 2.75) is 19.3 Å². The van der Waals surface area contributed by atoms with E-state index in [4.69, 9.17) is 15.0 Å². The van der Waals surface area contributed by atoms with Gasteiger partial charge < -0.3 is 4.57 Å². The van der Waals surface area contributed by atoms with Crippen LogP contribution in [0.15, 0.2) is 218 Å². The molecule has 12 aromatic rings. The van der Waals surface area contributed by atoms with Crippen molar-refractivity contribution in [3.8, 4) is 73.2 Å².